The zero-order chi connectivity index (χ0) is 11.9. The SMILES string of the molecule is C=CCS(=O)(=O)CC(C)=NOC(=O)NC. The van der Waals surface area contributed by atoms with Gasteiger partial charge in [-0.2, -0.15) is 0 Å². The van der Waals surface area contributed by atoms with Crippen LogP contribution < -0.4 is 5.32 Å². The van der Waals surface area contributed by atoms with Crippen LogP contribution in [0.25, 0.3) is 0 Å². The molecular weight excluding hydrogens is 220 g/mol. The van der Waals surface area contributed by atoms with Gasteiger partial charge in [0.05, 0.1) is 17.2 Å². The summed E-state index contributed by atoms with van der Waals surface area (Å²) in [5.74, 6) is -0.379. The average Bonchev–Trinajstić information content (AvgIpc) is 2.13. The van der Waals surface area contributed by atoms with Gasteiger partial charge in [0.25, 0.3) is 0 Å². The maximum Gasteiger partial charge on any atom is 0.433 e. The first-order chi connectivity index (χ1) is 6.91. The third-order valence-corrected chi connectivity index (χ3v) is 2.89. The van der Waals surface area contributed by atoms with Crippen molar-refractivity contribution in [2.24, 2.45) is 5.16 Å². The molecule has 0 saturated heterocycles. The van der Waals surface area contributed by atoms with Crippen LogP contribution in [-0.2, 0) is 14.7 Å². The number of oxime groups is 1. The van der Waals surface area contributed by atoms with E-state index >= 15 is 0 Å². The van der Waals surface area contributed by atoms with Gasteiger partial charge in [0, 0.05) is 7.05 Å². The van der Waals surface area contributed by atoms with E-state index in [1.54, 1.807) is 0 Å². The van der Waals surface area contributed by atoms with Gasteiger partial charge in [-0.25, -0.2) is 13.2 Å². The van der Waals surface area contributed by atoms with E-state index in [1.807, 2.05) is 0 Å². The fourth-order valence-corrected chi connectivity index (χ4v) is 1.91. The quantitative estimate of drug-likeness (QED) is 0.321. The van der Waals surface area contributed by atoms with Crippen molar-refractivity contribution in [3.05, 3.63) is 12.7 Å². The smallest absolute Gasteiger partial charge is 0.323 e. The predicted molar refractivity (Wildman–Crippen MR) is 57.5 cm³/mol. The lowest BCUT2D eigenvalue weighted by Gasteiger charge is -2.00. The Hall–Kier alpha value is -1.37. The largest absolute Gasteiger partial charge is 0.433 e. The van der Waals surface area contributed by atoms with Crippen LogP contribution in [0.15, 0.2) is 17.8 Å². The summed E-state index contributed by atoms with van der Waals surface area (Å²) < 4.78 is 22.5. The number of rotatable bonds is 5. The average molecular weight is 234 g/mol. The number of amides is 1. The first-order valence-electron chi connectivity index (χ1n) is 4.15. The molecule has 0 bridgehead atoms. The second-order valence-corrected chi connectivity index (χ2v) is 4.91. The molecule has 0 aliphatic heterocycles. The lowest BCUT2D eigenvalue weighted by Crippen LogP contribution is -2.20. The van der Waals surface area contributed by atoms with Gasteiger partial charge >= 0.3 is 6.09 Å². The highest BCUT2D eigenvalue weighted by Gasteiger charge is 2.10. The normalized spacial score (nSPS) is 12.0. The zero-order valence-corrected chi connectivity index (χ0v) is 9.50. The Morgan fingerprint density at radius 3 is 2.67 bits per heavy atom. The lowest BCUT2D eigenvalue weighted by atomic mass is 10.5. The third kappa shape index (κ3) is 6.67. The van der Waals surface area contributed by atoms with E-state index in [0.29, 0.717) is 0 Å². The van der Waals surface area contributed by atoms with Crippen molar-refractivity contribution < 1.29 is 18.0 Å². The van der Waals surface area contributed by atoms with Crippen molar-refractivity contribution in [3.63, 3.8) is 0 Å². The molecule has 0 aliphatic rings. The Kier molecular flexibility index (Phi) is 5.61. The van der Waals surface area contributed by atoms with Gasteiger partial charge in [-0.3, -0.25) is 4.84 Å². The Labute approximate surface area is 88.9 Å². The highest BCUT2D eigenvalue weighted by molar-refractivity contribution is 7.92. The molecule has 0 fully saturated rings. The fourth-order valence-electron chi connectivity index (χ4n) is 0.748. The van der Waals surface area contributed by atoms with Crippen molar-refractivity contribution in [1.29, 1.82) is 0 Å². The highest BCUT2D eigenvalue weighted by atomic mass is 32.2. The van der Waals surface area contributed by atoms with Gasteiger partial charge in [-0.1, -0.05) is 11.2 Å². The summed E-state index contributed by atoms with van der Waals surface area (Å²) in [6.07, 6.45) is 0.554. The Morgan fingerprint density at radius 2 is 2.20 bits per heavy atom. The van der Waals surface area contributed by atoms with Gasteiger partial charge in [-0.05, 0) is 6.92 Å². The first-order valence-corrected chi connectivity index (χ1v) is 5.97. The van der Waals surface area contributed by atoms with E-state index in [2.05, 4.69) is 21.9 Å². The molecule has 7 heteroatoms. The standard InChI is InChI=1S/C8H14N2O4S/c1-4-5-15(12,13)6-7(2)10-14-8(11)9-3/h4H,1,5-6H2,2-3H3,(H,9,11). The molecule has 0 rings (SSSR count). The number of sulfone groups is 1. The Balaban J connectivity index is 4.29. The topological polar surface area (TPSA) is 84.8 Å². The Bertz CT molecular complexity index is 359. The number of nitrogens with one attached hydrogen (secondary N) is 1. The molecule has 0 spiro atoms. The minimum atomic E-state index is -3.25. The number of carbonyl (C=O) groups excluding carboxylic acids is 1. The van der Waals surface area contributed by atoms with Crippen molar-refractivity contribution >= 4 is 21.6 Å². The van der Waals surface area contributed by atoms with Crippen LogP contribution in [0.5, 0.6) is 0 Å². The van der Waals surface area contributed by atoms with E-state index in [1.165, 1.54) is 20.0 Å². The number of nitrogens with zero attached hydrogens (tertiary/aromatic N) is 1. The summed E-state index contributed by atoms with van der Waals surface area (Å²) in [4.78, 5) is 14.9. The number of hydrogen-bond acceptors (Lipinski definition) is 5. The molecule has 0 aliphatic carbocycles. The van der Waals surface area contributed by atoms with E-state index in [0.717, 1.165) is 0 Å². The van der Waals surface area contributed by atoms with Crippen molar-refractivity contribution in [3.8, 4) is 0 Å². The van der Waals surface area contributed by atoms with Crippen LogP contribution in [0.2, 0.25) is 0 Å². The van der Waals surface area contributed by atoms with E-state index in [4.69, 9.17) is 0 Å². The van der Waals surface area contributed by atoms with E-state index < -0.39 is 15.9 Å². The van der Waals surface area contributed by atoms with Crippen LogP contribution in [0, 0.1) is 0 Å². The second-order valence-electron chi connectivity index (χ2n) is 2.80. The fraction of sp³-hybridized carbons (Fsp3) is 0.500. The molecule has 1 amide bonds. The van der Waals surface area contributed by atoms with Crippen LogP contribution in [0.4, 0.5) is 4.79 Å². The van der Waals surface area contributed by atoms with Crippen LogP contribution in [-0.4, -0.2) is 38.8 Å². The van der Waals surface area contributed by atoms with Crippen LogP contribution in [0.1, 0.15) is 6.92 Å². The third-order valence-electron chi connectivity index (χ3n) is 1.29. The van der Waals surface area contributed by atoms with Crippen LogP contribution >= 0.6 is 0 Å². The summed E-state index contributed by atoms with van der Waals surface area (Å²) in [6, 6.07) is 0. The number of hydrogen-bond donors (Lipinski definition) is 1. The first kappa shape index (κ1) is 13.6. The highest BCUT2D eigenvalue weighted by Crippen LogP contribution is 1.94. The molecule has 0 unspecified atom stereocenters. The van der Waals surface area contributed by atoms with E-state index in [9.17, 15) is 13.2 Å². The molecular formula is C8H14N2O4S. The lowest BCUT2D eigenvalue weighted by molar-refractivity contribution is 0.153. The Morgan fingerprint density at radius 1 is 1.60 bits per heavy atom. The summed E-state index contributed by atoms with van der Waals surface area (Å²) >= 11 is 0. The minimum absolute atomic E-state index is 0.125. The van der Waals surface area contributed by atoms with Gasteiger partial charge < -0.3 is 5.32 Å². The zero-order valence-electron chi connectivity index (χ0n) is 8.69. The van der Waals surface area contributed by atoms with Crippen molar-refractivity contribution in [2.45, 2.75) is 6.92 Å². The summed E-state index contributed by atoms with van der Waals surface area (Å²) in [6.45, 7) is 4.79. The maximum absolute atomic E-state index is 11.2. The van der Waals surface area contributed by atoms with Crippen molar-refractivity contribution in [1.82, 2.24) is 5.32 Å². The summed E-state index contributed by atoms with van der Waals surface area (Å²) in [5.41, 5.74) is 0.209. The molecule has 0 aromatic heterocycles. The summed E-state index contributed by atoms with van der Waals surface area (Å²) in [5, 5.41) is 5.53. The van der Waals surface area contributed by atoms with Gasteiger partial charge in [-0.15, -0.1) is 6.58 Å². The molecule has 0 heterocycles. The second kappa shape index (κ2) is 6.18. The summed E-state index contributed by atoms with van der Waals surface area (Å²) in [7, 11) is -1.87. The molecule has 0 aromatic rings. The van der Waals surface area contributed by atoms with E-state index in [-0.39, 0.29) is 17.2 Å². The van der Waals surface area contributed by atoms with Crippen molar-refractivity contribution in [2.75, 3.05) is 18.6 Å². The predicted octanol–water partition coefficient (Wildman–Crippen LogP) is 0.319. The molecule has 1 N–H and O–H groups in total. The minimum Gasteiger partial charge on any atom is -0.323 e. The molecule has 15 heavy (non-hydrogen) atoms. The maximum atomic E-state index is 11.2. The molecule has 0 radical (unpaired) electrons. The van der Waals surface area contributed by atoms with Gasteiger partial charge in [0.1, 0.15) is 0 Å². The monoisotopic (exact) mass is 234 g/mol. The van der Waals surface area contributed by atoms with Crippen LogP contribution in [0.3, 0.4) is 0 Å². The molecule has 0 aromatic carbocycles. The van der Waals surface area contributed by atoms with Gasteiger partial charge in [0.2, 0.25) is 0 Å². The van der Waals surface area contributed by atoms with Gasteiger partial charge in [0.15, 0.2) is 9.84 Å². The molecule has 0 saturated carbocycles. The molecule has 86 valence electrons. The molecule has 0 atom stereocenters. The number of carbonyl (C=O) groups is 1. The molecule has 6 nitrogen and oxygen atoms in total.